The van der Waals surface area contributed by atoms with Crippen molar-refractivity contribution in [3.63, 3.8) is 0 Å². The smallest absolute Gasteiger partial charge is 0.416 e. The topological polar surface area (TPSA) is 146 Å². The van der Waals surface area contributed by atoms with E-state index in [2.05, 4.69) is 20.3 Å². The molecule has 2 atom stereocenters. The number of nitrogens with one attached hydrogen (secondary N) is 1. The van der Waals surface area contributed by atoms with E-state index in [0.717, 1.165) is 18.2 Å². The maximum atomic E-state index is 14.5. The fourth-order valence-corrected chi connectivity index (χ4v) is 6.74. The Kier molecular flexibility index (Phi) is 9.35. The fraction of sp³-hybridized carbons (Fsp3) is 0.394. The normalized spacial score (nSPS) is 17.6. The molecule has 3 aromatic heterocycles. The number of hydrogen-bond donors (Lipinski definition) is 2. The second kappa shape index (κ2) is 13.4. The van der Waals surface area contributed by atoms with Gasteiger partial charge in [-0.05, 0) is 43.7 Å². The number of fused-ring (bicyclic) bond motifs is 2. The third-order valence-electron chi connectivity index (χ3n) is 9.00. The average Bonchev–Trinajstić information content (AvgIpc) is 3.57. The Labute approximate surface area is 289 Å². The zero-order chi connectivity index (χ0) is 36.1. The summed E-state index contributed by atoms with van der Waals surface area (Å²) in [6.07, 6.45) is -3.08. The second-order valence-electron chi connectivity index (χ2n) is 12.3. The predicted octanol–water partition coefficient (Wildman–Crippen LogP) is 3.87. The van der Waals surface area contributed by atoms with Gasteiger partial charge in [-0.3, -0.25) is 14.4 Å². The van der Waals surface area contributed by atoms with Gasteiger partial charge in [-0.2, -0.15) is 13.2 Å². The van der Waals surface area contributed by atoms with Crippen LogP contribution >= 0.6 is 11.6 Å². The van der Waals surface area contributed by atoms with Gasteiger partial charge in [-0.1, -0.05) is 18.5 Å². The minimum atomic E-state index is -4.61. The molecule has 5 heterocycles. The van der Waals surface area contributed by atoms with Gasteiger partial charge in [0.15, 0.2) is 11.4 Å². The molecule has 0 spiro atoms. The monoisotopic (exact) mass is 714 g/mol. The number of hydrogen-bond acceptors (Lipinski definition) is 10. The molecular weight excluding hydrogens is 681 g/mol. The minimum Gasteiger partial charge on any atom is -0.504 e. The van der Waals surface area contributed by atoms with E-state index in [-0.39, 0.29) is 71.6 Å². The summed E-state index contributed by atoms with van der Waals surface area (Å²) in [5.41, 5.74) is 0.139. The number of aromatic nitrogens is 4. The van der Waals surface area contributed by atoms with E-state index in [0.29, 0.717) is 29.1 Å². The number of carbonyl (C=O) groups is 2. The molecule has 2 N–H and O–H groups in total. The Morgan fingerprint density at radius 2 is 1.86 bits per heavy atom. The number of piperazine rings is 1. The van der Waals surface area contributed by atoms with Crippen molar-refractivity contribution in [3.05, 3.63) is 74.6 Å². The summed E-state index contributed by atoms with van der Waals surface area (Å²) >= 11 is 6.13. The molecular formula is C33H34ClF3N8O5. The van der Waals surface area contributed by atoms with Crippen LogP contribution in [0.25, 0.3) is 11.0 Å². The zero-order valence-electron chi connectivity index (χ0n) is 27.6. The van der Waals surface area contributed by atoms with Crippen LogP contribution in [0.2, 0.25) is 5.02 Å². The molecule has 2 amide bonds. The third kappa shape index (κ3) is 6.28. The standard InChI is InChI=1S/C33H34ClF3N8O5/c1-5-21-29(43-10-11-44(24-15-50-14-23(24)43)32(49)28-30(47)17(2)38-16-39-28)31(48)27-22(8-9-25(41-27)42(3)4)45(21)13-26(46)40-20-7-6-18(12-19(20)34)33(35,36)37/h6-9,12,16,23-24,47H,5,10-11,13-15H2,1-4H3,(H,40,46)/t23-,24-/m0/s1. The number of ether oxygens (including phenoxy) is 1. The van der Waals surface area contributed by atoms with Gasteiger partial charge < -0.3 is 34.4 Å². The van der Waals surface area contributed by atoms with Crippen LogP contribution < -0.4 is 20.5 Å². The van der Waals surface area contributed by atoms with E-state index in [1.807, 2.05) is 11.8 Å². The van der Waals surface area contributed by atoms with Crippen molar-refractivity contribution in [2.45, 2.75) is 45.1 Å². The molecule has 1 aromatic carbocycles. The molecule has 0 saturated carbocycles. The predicted molar refractivity (Wildman–Crippen MR) is 180 cm³/mol. The van der Waals surface area contributed by atoms with Crippen LogP contribution in [-0.2, 0) is 28.7 Å². The molecule has 2 aliphatic heterocycles. The summed E-state index contributed by atoms with van der Waals surface area (Å²) in [7, 11) is 3.56. The van der Waals surface area contributed by atoms with E-state index in [1.165, 1.54) is 6.33 Å². The quantitative estimate of drug-likeness (QED) is 0.289. The van der Waals surface area contributed by atoms with E-state index in [4.69, 9.17) is 16.3 Å². The van der Waals surface area contributed by atoms with Crippen molar-refractivity contribution < 1.29 is 32.6 Å². The largest absolute Gasteiger partial charge is 0.504 e. The first-order valence-electron chi connectivity index (χ1n) is 15.8. The lowest BCUT2D eigenvalue weighted by Crippen LogP contribution is -2.62. The van der Waals surface area contributed by atoms with Gasteiger partial charge in [0, 0.05) is 32.9 Å². The molecule has 264 valence electrons. The van der Waals surface area contributed by atoms with Crippen molar-refractivity contribution in [1.29, 1.82) is 0 Å². The summed E-state index contributed by atoms with van der Waals surface area (Å²) in [6, 6.07) is 5.13. The molecule has 2 saturated heterocycles. The number of amides is 2. The molecule has 0 aliphatic carbocycles. The molecule has 50 heavy (non-hydrogen) atoms. The van der Waals surface area contributed by atoms with Crippen molar-refractivity contribution in [1.82, 2.24) is 24.4 Å². The summed E-state index contributed by atoms with van der Waals surface area (Å²) in [5.74, 6) is -0.878. The number of benzene rings is 1. The van der Waals surface area contributed by atoms with Crippen LogP contribution in [0.1, 0.15) is 34.4 Å². The zero-order valence-corrected chi connectivity index (χ0v) is 28.3. The van der Waals surface area contributed by atoms with Gasteiger partial charge in [0.2, 0.25) is 11.3 Å². The van der Waals surface area contributed by atoms with Crippen LogP contribution in [0.15, 0.2) is 41.5 Å². The number of anilines is 3. The van der Waals surface area contributed by atoms with Crippen LogP contribution in [0.3, 0.4) is 0 Å². The highest BCUT2D eigenvalue weighted by molar-refractivity contribution is 6.33. The molecule has 0 radical (unpaired) electrons. The van der Waals surface area contributed by atoms with E-state index in [9.17, 15) is 32.7 Å². The van der Waals surface area contributed by atoms with Gasteiger partial charge in [0.05, 0.1) is 52.8 Å². The summed E-state index contributed by atoms with van der Waals surface area (Å²) in [5, 5.41) is 12.9. The average molecular weight is 715 g/mol. The van der Waals surface area contributed by atoms with Crippen molar-refractivity contribution in [2.24, 2.45) is 0 Å². The highest BCUT2D eigenvalue weighted by Crippen LogP contribution is 2.35. The van der Waals surface area contributed by atoms with E-state index < -0.39 is 35.6 Å². The van der Waals surface area contributed by atoms with Crippen molar-refractivity contribution in [2.75, 3.05) is 55.5 Å². The molecule has 0 bridgehead atoms. The number of nitrogens with zero attached hydrogens (tertiary/aromatic N) is 7. The van der Waals surface area contributed by atoms with Gasteiger partial charge in [-0.15, -0.1) is 0 Å². The number of alkyl halides is 3. The second-order valence-corrected chi connectivity index (χ2v) is 12.7. The fourth-order valence-electron chi connectivity index (χ4n) is 6.52. The number of aromatic hydroxyl groups is 1. The number of halogens is 4. The first-order chi connectivity index (χ1) is 23.7. The highest BCUT2D eigenvalue weighted by Gasteiger charge is 2.45. The number of pyridine rings is 2. The van der Waals surface area contributed by atoms with Crippen molar-refractivity contribution >= 4 is 51.6 Å². The van der Waals surface area contributed by atoms with Gasteiger partial charge in [0.1, 0.15) is 29.9 Å². The molecule has 17 heteroatoms. The Balaban J connectivity index is 1.40. The molecule has 2 aliphatic rings. The van der Waals surface area contributed by atoms with Crippen LogP contribution in [0, 0.1) is 6.92 Å². The summed E-state index contributed by atoms with van der Waals surface area (Å²) in [4.78, 5) is 59.5. The van der Waals surface area contributed by atoms with Crippen molar-refractivity contribution in [3.8, 4) is 5.75 Å². The van der Waals surface area contributed by atoms with Crippen LogP contribution in [0.4, 0.5) is 30.4 Å². The lowest BCUT2D eigenvalue weighted by molar-refractivity contribution is -0.137. The Hall–Kier alpha value is -4.96. The lowest BCUT2D eigenvalue weighted by Gasteiger charge is -2.45. The molecule has 6 rings (SSSR count). The third-order valence-corrected chi connectivity index (χ3v) is 9.32. The molecule has 13 nitrogen and oxygen atoms in total. The lowest BCUT2D eigenvalue weighted by atomic mass is 10.0. The molecule has 4 aromatic rings. The van der Waals surface area contributed by atoms with E-state index in [1.54, 1.807) is 47.5 Å². The summed E-state index contributed by atoms with van der Waals surface area (Å²) < 4.78 is 47.1. The SMILES string of the molecule is CCc1c(N2CCN(C(=O)c3ncnc(C)c3O)[C@H]3COC[C@@H]32)c(=O)c2nc(N(C)C)ccc2n1CC(=O)Nc1ccc(C(F)(F)F)cc1Cl. The summed E-state index contributed by atoms with van der Waals surface area (Å²) in [6.45, 7) is 3.86. The number of carbonyl (C=O) groups excluding carboxylic acids is 2. The maximum Gasteiger partial charge on any atom is 0.416 e. The minimum absolute atomic E-state index is 0.00189. The van der Waals surface area contributed by atoms with Crippen LogP contribution in [0.5, 0.6) is 5.75 Å². The van der Waals surface area contributed by atoms with Gasteiger partial charge >= 0.3 is 6.18 Å². The first kappa shape index (κ1) is 34.9. The first-order valence-corrected chi connectivity index (χ1v) is 16.1. The van der Waals surface area contributed by atoms with Crippen LogP contribution in [-0.4, -0.2) is 93.8 Å². The van der Waals surface area contributed by atoms with Gasteiger partial charge in [-0.25, -0.2) is 15.0 Å². The molecule has 2 fully saturated rings. The highest BCUT2D eigenvalue weighted by atomic mass is 35.5. The number of rotatable bonds is 7. The Morgan fingerprint density at radius 3 is 2.54 bits per heavy atom. The Morgan fingerprint density at radius 1 is 1.12 bits per heavy atom. The number of aryl methyl sites for hydroxylation is 1. The Bertz CT molecular complexity index is 2060. The van der Waals surface area contributed by atoms with Gasteiger partial charge in [0.25, 0.3) is 5.91 Å². The molecule has 0 unspecified atom stereocenters. The maximum absolute atomic E-state index is 14.5. The van der Waals surface area contributed by atoms with E-state index >= 15 is 0 Å².